The van der Waals surface area contributed by atoms with Gasteiger partial charge in [-0.15, -0.1) is 0 Å². The standard InChI is InChI=1S/C26H29F3N6O4/c1-16-21(39-12-11-38-2)7-4-17-3-6-19(32-23(16)17)14-31-34-22-8-5-18(13-30-22)24(26(27,28)29)35-10-9-20(15-35)33-25(36)37/h3-8,13-14,20,24,33H,9-12,15H2,1-2H3,(H,30,34)(H,36,37)/t20?,24-/m1/s1. The van der Waals surface area contributed by atoms with Crippen molar-refractivity contribution in [3.63, 3.8) is 0 Å². The maximum Gasteiger partial charge on any atom is 0.408 e. The first-order valence-electron chi connectivity index (χ1n) is 12.2. The molecular weight excluding hydrogens is 517 g/mol. The summed E-state index contributed by atoms with van der Waals surface area (Å²) in [6.45, 7) is 2.88. The van der Waals surface area contributed by atoms with Crippen LogP contribution in [0.1, 0.15) is 29.3 Å². The van der Waals surface area contributed by atoms with Crippen molar-refractivity contribution in [1.82, 2.24) is 20.2 Å². The molecule has 3 heterocycles. The van der Waals surface area contributed by atoms with E-state index in [-0.39, 0.29) is 24.5 Å². The minimum Gasteiger partial charge on any atom is -0.491 e. The van der Waals surface area contributed by atoms with Gasteiger partial charge in [0.1, 0.15) is 24.2 Å². The number of hydrazone groups is 1. The number of hydrogen-bond donors (Lipinski definition) is 3. The van der Waals surface area contributed by atoms with Crippen LogP contribution < -0.4 is 15.5 Å². The highest BCUT2D eigenvalue weighted by molar-refractivity contribution is 5.88. The Bertz CT molecular complexity index is 1320. The van der Waals surface area contributed by atoms with Gasteiger partial charge in [-0.3, -0.25) is 10.3 Å². The normalized spacial score (nSPS) is 17.0. The summed E-state index contributed by atoms with van der Waals surface area (Å²) in [5.41, 5.74) is 4.89. The van der Waals surface area contributed by atoms with Crippen LogP contribution in [0.2, 0.25) is 0 Å². The van der Waals surface area contributed by atoms with E-state index in [1.807, 2.05) is 25.1 Å². The van der Waals surface area contributed by atoms with Gasteiger partial charge in [0.2, 0.25) is 0 Å². The number of ether oxygens (including phenoxy) is 2. The van der Waals surface area contributed by atoms with Crippen LogP contribution in [0.25, 0.3) is 10.9 Å². The molecule has 0 spiro atoms. The molecule has 3 aromatic rings. The summed E-state index contributed by atoms with van der Waals surface area (Å²) < 4.78 is 52.5. The second kappa shape index (κ2) is 12.3. The summed E-state index contributed by atoms with van der Waals surface area (Å²) in [5, 5.41) is 16.2. The van der Waals surface area contributed by atoms with E-state index >= 15 is 0 Å². The lowest BCUT2D eigenvalue weighted by Crippen LogP contribution is -2.40. The quantitative estimate of drug-likeness (QED) is 0.195. The number of hydrogen-bond acceptors (Lipinski definition) is 8. The molecule has 0 bridgehead atoms. The highest BCUT2D eigenvalue weighted by Gasteiger charge is 2.47. The first-order chi connectivity index (χ1) is 18.7. The van der Waals surface area contributed by atoms with Gasteiger partial charge in [-0.25, -0.2) is 14.8 Å². The Morgan fingerprint density at radius 2 is 2.05 bits per heavy atom. The number of methoxy groups -OCH3 is 1. The molecule has 2 atom stereocenters. The first kappa shape index (κ1) is 28.0. The number of carboxylic acid groups (broad SMARTS) is 1. The number of alkyl halides is 3. The molecule has 1 aliphatic rings. The molecule has 1 aromatic carbocycles. The number of halogens is 3. The van der Waals surface area contributed by atoms with Gasteiger partial charge < -0.3 is 19.9 Å². The zero-order chi connectivity index (χ0) is 28.0. The van der Waals surface area contributed by atoms with Crippen LogP contribution in [0.4, 0.5) is 23.8 Å². The van der Waals surface area contributed by atoms with Crippen molar-refractivity contribution in [2.75, 3.05) is 38.8 Å². The summed E-state index contributed by atoms with van der Waals surface area (Å²) in [5.74, 6) is 0.969. The van der Waals surface area contributed by atoms with Gasteiger partial charge in [-0.05, 0) is 43.2 Å². The lowest BCUT2D eigenvalue weighted by atomic mass is 10.1. The largest absolute Gasteiger partial charge is 0.491 e. The minimum absolute atomic E-state index is 0.0387. The molecule has 0 radical (unpaired) electrons. The Balaban J connectivity index is 1.43. The predicted molar refractivity (Wildman–Crippen MR) is 139 cm³/mol. The Morgan fingerprint density at radius 3 is 2.74 bits per heavy atom. The Hall–Kier alpha value is -3.97. The van der Waals surface area contributed by atoms with Crippen molar-refractivity contribution in [3.05, 3.63) is 59.4 Å². The monoisotopic (exact) mass is 546 g/mol. The fourth-order valence-corrected chi connectivity index (χ4v) is 4.51. The molecule has 0 aliphatic carbocycles. The van der Waals surface area contributed by atoms with Crippen molar-refractivity contribution in [2.24, 2.45) is 5.10 Å². The molecule has 2 aromatic heterocycles. The van der Waals surface area contributed by atoms with Crippen molar-refractivity contribution in [1.29, 1.82) is 0 Å². The number of aromatic nitrogens is 2. The molecule has 10 nitrogen and oxygen atoms in total. The third-order valence-corrected chi connectivity index (χ3v) is 6.33. The number of benzene rings is 1. The molecule has 1 saturated heterocycles. The number of aryl methyl sites for hydroxylation is 1. The molecule has 1 aliphatic heterocycles. The number of nitrogens with zero attached hydrogens (tertiary/aromatic N) is 4. The highest BCUT2D eigenvalue weighted by atomic mass is 19.4. The number of amides is 1. The van der Waals surface area contributed by atoms with Crippen LogP contribution in [0.3, 0.4) is 0 Å². The molecule has 208 valence electrons. The summed E-state index contributed by atoms with van der Waals surface area (Å²) in [7, 11) is 1.60. The Kier molecular flexibility index (Phi) is 8.82. The Morgan fingerprint density at radius 1 is 1.26 bits per heavy atom. The molecule has 39 heavy (non-hydrogen) atoms. The average molecular weight is 547 g/mol. The van der Waals surface area contributed by atoms with Gasteiger partial charge >= 0.3 is 12.3 Å². The van der Waals surface area contributed by atoms with Crippen molar-refractivity contribution < 1.29 is 32.5 Å². The lowest BCUT2D eigenvalue weighted by Gasteiger charge is -2.30. The van der Waals surface area contributed by atoms with Gasteiger partial charge in [-0.1, -0.05) is 12.1 Å². The molecule has 1 fully saturated rings. The van der Waals surface area contributed by atoms with Crippen molar-refractivity contribution in [2.45, 2.75) is 31.6 Å². The van der Waals surface area contributed by atoms with E-state index in [0.717, 1.165) is 22.7 Å². The third kappa shape index (κ3) is 7.12. The topological polar surface area (TPSA) is 121 Å². The number of fused-ring (bicyclic) bond motifs is 1. The molecule has 1 amide bonds. The van der Waals surface area contributed by atoms with Crippen LogP contribution in [0.15, 0.2) is 47.7 Å². The SMILES string of the molecule is COCCOc1ccc2ccc(C=NNc3ccc([C@@H](N4CCC(NC(=O)O)C4)C(F)(F)F)cn3)nc2c1C. The van der Waals surface area contributed by atoms with E-state index in [9.17, 15) is 18.0 Å². The molecule has 3 N–H and O–H groups in total. The van der Waals surface area contributed by atoms with Crippen LogP contribution in [0, 0.1) is 6.92 Å². The summed E-state index contributed by atoms with van der Waals surface area (Å²) in [6.07, 6.45) is -2.87. The van der Waals surface area contributed by atoms with E-state index in [1.165, 1.54) is 23.2 Å². The summed E-state index contributed by atoms with van der Waals surface area (Å²) in [6, 6.07) is 7.81. The first-order valence-corrected chi connectivity index (χ1v) is 12.2. The Labute approximate surface area is 222 Å². The number of nitrogens with one attached hydrogen (secondary N) is 2. The van der Waals surface area contributed by atoms with E-state index in [1.54, 1.807) is 13.2 Å². The molecule has 4 rings (SSSR count). The van der Waals surface area contributed by atoms with Gasteiger partial charge in [0.15, 0.2) is 0 Å². The fraction of sp³-hybridized carbons (Fsp3) is 0.385. The lowest BCUT2D eigenvalue weighted by molar-refractivity contribution is -0.183. The smallest absolute Gasteiger partial charge is 0.408 e. The maximum atomic E-state index is 13.9. The van der Waals surface area contributed by atoms with E-state index < -0.39 is 24.4 Å². The zero-order valence-electron chi connectivity index (χ0n) is 21.4. The number of pyridine rings is 2. The van der Waals surface area contributed by atoms with Crippen LogP contribution >= 0.6 is 0 Å². The fourth-order valence-electron chi connectivity index (χ4n) is 4.51. The number of anilines is 1. The van der Waals surface area contributed by atoms with Gasteiger partial charge in [0.25, 0.3) is 0 Å². The van der Waals surface area contributed by atoms with Gasteiger partial charge in [-0.2, -0.15) is 18.3 Å². The molecule has 1 unspecified atom stereocenters. The average Bonchev–Trinajstić information content (AvgIpc) is 3.32. The van der Waals surface area contributed by atoms with Crippen LogP contribution in [-0.4, -0.2) is 77.9 Å². The van der Waals surface area contributed by atoms with Gasteiger partial charge in [0, 0.05) is 43.4 Å². The predicted octanol–water partition coefficient (Wildman–Crippen LogP) is 4.35. The maximum absolute atomic E-state index is 13.9. The van der Waals surface area contributed by atoms with E-state index in [4.69, 9.17) is 14.6 Å². The zero-order valence-corrected chi connectivity index (χ0v) is 21.4. The number of carbonyl (C=O) groups is 1. The second-order valence-corrected chi connectivity index (χ2v) is 9.06. The third-order valence-electron chi connectivity index (χ3n) is 6.33. The highest BCUT2D eigenvalue weighted by Crippen LogP contribution is 2.39. The molecule has 13 heteroatoms. The number of rotatable bonds is 10. The molecule has 0 saturated carbocycles. The van der Waals surface area contributed by atoms with Crippen LogP contribution in [0.5, 0.6) is 5.75 Å². The minimum atomic E-state index is -4.55. The molecular formula is C26H29F3N6O4. The van der Waals surface area contributed by atoms with E-state index in [2.05, 4.69) is 25.8 Å². The van der Waals surface area contributed by atoms with Crippen LogP contribution in [-0.2, 0) is 4.74 Å². The summed E-state index contributed by atoms with van der Waals surface area (Å²) in [4.78, 5) is 20.8. The van der Waals surface area contributed by atoms with Crippen molar-refractivity contribution in [3.8, 4) is 5.75 Å². The second-order valence-electron chi connectivity index (χ2n) is 9.06. The van der Waals surface area contributed by atoms with Crippen molar-refractivity contribution >= 4 is 29.0 Å². The van der Waals surface area contributed by atoms with E-state index in [0.29, 0.717) is 31.1 Å². The summed E-state index contributed by atoms with van der Waals surface area (Å²) >= 11 is 0. The van der Waals surface area contributed by atoms with Gasteiger partial charge in [0.05, 0.1) is 24.0 Å². The number of likely N-dealkylation sites (tertiary alicyclic amines) is 1.